The first-order valence-corrected chi connectivity index (χ1v) is 4.39. The van der Waals surface area contributed by atoms with Crippen LogP contribution in [0.25, 0.3) is 0 Å². The van der Waals surface area contributed by atoms with Crippen LogP contribution in [-0.2, 0) is 0 Å². The summed E-state index contributed by atoms with van der Waals surface area (Å²) in [5, 5.41) is 6.82. The van der Waals surface area contributed by atoms with Gasteiger partial charge in [0.05, 0.1) is 17.4 Å². The molecule has 0 spiro atoms. The minimum atomic E-state index is 0. The fourth-order valence-electron chi connectivity index (χ4n) is 2.60. The molecule has 2 atom stereocenters. The van der Waals surface area contributed by atoms with Crippen molar-refractivity contribution in [1.82, 2.24) is 10.6 Å². The van der Waals surface area contributed by atoms with Crippen molar-refractivity contribution >= 4 is 6.34 Å². The Morgan fingerprint density at radius 2 is 2.27 bits per heavy atom. The van der Waals surface area contributed by atoms with Gasteiger partial charge in [0.15, 0.2) is 0 Å². The van der Waals surface area contributed by atoms with Gasteiger partial charge in [-0.25, -0.2) is 0 Å². The zero-order valence-electron chi connectivity index (χ0n) is 6.56. The summed E-state index contributed by atoms with van der Waals surface area (Å²) in [5.74, 6) is 0. The highest BCUT2D eigenvalue weighted by molar-refractivity contribution is 5.66. The number of hydrogen-bond acceptors (Lipinski definition) is 3. The van der Waals surface area contributed by atoms with Gasteiger partial charge in [-0.1, -0.05) is 0 Å². The van der Waals surface area contributed by atoms with E-state index in [1.807, 2.05) is 6.34 Å². The van der Waals surface area contributed by atoms with Crippen molar-refractivity contribution in [3.8, 4) is 0 Å². The van der Waals surface area contributed by atoms with Gasteiger partial charge in [0, 0.05) is 7.85 Å². The highest BCUT2D eigenvalue weighted by atomic mass is 15.3. The molecule has 1 aliphatic carbocycles. The Labute approximate surface area is 67.8 Å². The molecule has 0 aromatic rings. The molecule has 2 unspecified atom stereocenters. The molecule has 2 heterocycles. The van der Waals surface area contributed by atoms with Gasteiger partial charge in [-0.15, -0.1) is 0 Å². The maximum absolute atomic E-state index is 4.54. The highest BCUT2D eigenvalue weighted by Gasteiger charge is 2.69. The number of nitrogens with one attached hydrogen (secondary N) is 2. The molecule has 62 valence electrons. The van der Waals surface area contributed by atoms with Crippen LogP contribution in [0.15, 0.2) is 4.99 Å². The van der Waals surface area contributed by atoms with Gasteiger partial charge in [-0.3, -0.25) is 4.99 Å². The van der Waals surface area contributed by atoms with Crippen LogP contribution >= 0.6 is 0 Å². The molecular weight excluding hydrogens is 138 g/mol. The molecule has 2 aliphatic heterocycles. The molecule has 3 rings (SSSR count). The summed E-state index contributed by atoms with van der Waals surface area (Å²) in [7, 11) is 0. The predicted octanol–water partition coefficient (Wildman–Crippen LogP) is 0.129. The largest absolute Gasteiger partial charge is 0.368 e. The lowest BCUT2D eigenvalue weighted by molar-refractivity contribution is 0.509. The third-order valence-corrected chi connectivity index (χ3v) is 3.46. The summed E-state index contributed by atoms with van der Waals surface area (Å²) in [6.45, 7) is 2.29. The average Bonchev–Trinajstić information content (AvgIpc) is 2.51. The molecular formula is C8H15N3. The lowest BCUT2D eigenvalue weighted by Gasteiger charge is -2.12. The van der Waals surface area contributed by atoms with Crippen molar-refractivity contribution in [3.05, 3.63) is 0 Å². The second-order valence-corrected chi connectivity index (χ2v) is 3.94. The molecule has 3 aliphatic rings. The predicted molar refractivity (Wildman–Crippen MR) is 45.9 cm³/mol. The summed E-state index contributed by atoms with van der Waals surface area (Å²) in [6, 6.07) is 0. The molecule has 1 saturated carbocycles. The van der Waals surface area contributed by atoms with Crippen molar-refractivity contribution in [2.75, 3.05) is 13.1 Å². The zero-order chi connectivity index (χ0) is 7.36. The number of rotatable bonds is 0. The van der Waals surface area contributed by atoms with Crippen LogP contribution in [-0.4, -0.2) is 30.5 Å². The van der Waals surface area contributed by atoms with E-state index in [1.54, 1.807) is 0 Å². The van der Waals surface area contributed by atoms with Crippen LogP contribution in [0.1, 0.15) is 20.7 Å². The van der Waals surface area contributed by atoms with Gasteiger partial charge in [0.2, 0.25) is 0 Å². The molecule has 1 saturated heterocycles. The fraction of sp³-hybridized carbons (Fsp3) is 0.875. The maximum Gasteiger partial charge on any atom is 0.0890 e. The number of aliphatic imine (C=N–C) groups is 1. The van der Waals surface area contributed by atoms with Crippen LogP contribution in [0.2, 0.25) is 0 Å². The number of nitrogens with zero attached hydrogens (tertiary/aromatic N) is 1. The van der Waals surface area contributed by atoms with Crippen LogP contribution in [0.5, 0.6) is 0 Å². The Kier molecular flexibility index (Phi) is 0.876. The quantitative estimate of drug-likeness (QED) is 0.519. The molecule has 0 aromatic heterocycles. The first kappa shape index (κ1) is 6.00. The monoisotopic (exact) mass is 153 g/mol. The molecule has 2 fully saturated rings. The van der Waals surface area contributed by atoms with E-state index in [1.165, 1.54) is 19.3 Å². The van der Waals surface area contributed by atoms with Crippen LogP contribution in [0, 0.1) is 0 Å². The second kappa shape index (κ2) is 1.61. The Balaban J connectivity index is 0.000000563. The third kappa shape index (κ3) is 0.562. The molecule has 11 heavy (non-hydrogen) atoms. The minimum absolute atomic E-state index is 0. The maximum atomic E-state index is 4.54. The summed E-state index contributed by atoms with van der Waals surface area (Å²) < 4.78 is 0. The summed E-state index contributed by atoms with van der Waals surface area (Å²) in [5.41, 5.74) is 0.701. The van der Waals surface area contributed by atoms with E-state index in [0.29, 0.717) is 11.1 Å². The Bertz CT molecular complexity index is 230. The smallest absolute Gasteiger partial charge is 0.0890 e. The third-order valence-electron chi connectivity index (χ3n) is 3.46. The van der Waals surface area contributed by atoms with Crippen molar-refractivity contribution in [2.45, 2.75) is 30.3 Å². The van der Waals surface area contributed by atoms with Crippen molar-refractivity contribution < 1.29 is 1.43 Å². The lowest BCUT2D eigenvalue weighted by atomic mass is 10.1. The van der Waals surface area contributed by atoms with E-state index in [4.69, 9.17) is 0 Å². The molecule has 2 N–H and O–H groups in total. The highest BCUT2D eigenvalue weighted by Crippen LogP contribution is 2.57. The van der Waals surface area contributed by atoms with Crippen LogP contribution in [0.4, 0.5) is 0 Å². The standard InChI is InChI=1S/C8H13N3.H2/c1-3-9-4-2-8-5-7(1,8)10-6-11-8;/h6,9H,1-5H2,(H,10,11);1H. The summed E-state index contributed by atoms with van der Waals surface area (Å²) >= 11 is 0. The normalized spacial score (nSPS) is 52.4. The first-order chi connectivity index (χ1) is 5.37. The van der Waals surface area contributed by atoms with Gasteiger partial charge >= 0.3 is 0 Å². The number of hydrogen-bond donors (Lipinski definition) is 2. The van der Waals surface area contributed by atoms with E-state index in [0.717, 1.165) is 13.1 Å². The molecule has 3 nitrogen and oxygen atoms in total. The van der Waals surface area contributed by atoms with E-state index in [-0.39, 0.29) is 1.43 Å². The van der Waals surface area contributed by atoms with Gasteiger partial charge in [0.25, 0.3) is 0 Å². The minimum Gasteiger partial charge on any atom is -0.368 e. The molecule has 0 radical (unpaired) electrons. The van der Waals surface area contributed by atoms with E-state index in [9.17, 15) is 0 Å². The van der Waals surface area contributed by atoms with Crippen molar-refractivity contribution in [2.24, 2.45) is 4.99 Å². The van der Waals surface area contributed by atoms with Crippen LogP contribution in [0.3, 0.4) is 0 Å². The van der Waals surface area contributed by atoms with Crippen LogP contribution < -0.4 is 10.6 Å². The first-order valence-electron chi connectivity index (χ1n) is 4.39. The topological polar surface area (TPSA) is 36.4 Å². The van der Waals surface area contributed by atoms with Gasteiger partial charge < -0.3 is 10.6 Å². The van der Waals surface area contributed by atoms with Gasteiger partial charge in [-0.05, 0) is 25.9 Å². The lowest BCUT2D eigenvalue weighted by Crippen LogP contribution is -2.33. The fourth-order valence-corrected chi connectivity index (χ4v) is 2.60. The average molecular weight is 153 g/mol. The zero-order valence-corrected chi connectivity index (χ0v) is 6.56. The van der Waals surface area contributed by atoms with Crippen molar-refractivity contribution in [3.63, 3.8) is 0 Å². The molecule has 0 aromatic carbocycles. The SMILES string of the molecule is C1=NC23CCNCCC2(C3)N1.[HH]. The van der Waals surface area contributed by atoms with E-state index in [2.05, 4.69) is 15.6 Å². The summed E-state index contributed by atoms with van der Waals surface area (Å²) in [4.78, 5) is 4.54. The Morgan fingerprint density at radius 3 is 3.27 bits per heavy atom. The van der Waals surface area contributed by atoms with Gasteiger partial charge in [0.1, 0.15) is 0 Å². The molecule has 0 bridgehead atoms. The Morgan fingerprint density at radius 1 is 1.36 bits per heavy atom. The van der Waals surface area contributed by atoms with E-state index < -0.39 is 0 Å². The van der Waals surface area contributed by atoms with Gasteiger partial charge in [-0.2, -0.15) is 0 Å². The molecule has 0 amide bonds. The summed E-state index contributed by atoms with van der Waals surface area (Å²) in [6.07, 6.45) is 5.65. The van der Waals surface area contributed by atoms with Crippen molar-refractivity contribution in [1.29, 1.82) is 0 Å². The van der Waals surface area contributed by atoms with E-state index >= 15 is 0 Å². The molecule has 3 heteroatoms. The Hall–Kier alpha value is -0.570. The second-order valence-electron chi connectivity index (χ2n) is 3.94.